The lowest BCUT2D eigenvalue weighted by atomic mass is 10.1. The number of amides is 2. The van der Waals surface area contributed by atoms with Gasteiger partial charge in [-0.2, -0.15) is 0 Å². The maximum Gasteiger partial charge on any atom is 0.261 e. The van der Waals surface area contributed by atoms with E-state index in [0.29, 0.717) is 30.2 Å². The number of fused-ring (bicyclic) bond motifs is 1. The normalized spacial score (nSPS) is 18.2. The summed E-state index contributed by atoms with van der Waals surface area (Å²) < 4.78 is 0. The number of imide groups is 1. The third-order valence-corrected chi connectivity index (χ3v) is 5.37. The van der Waals surface area contributed by atoms with Crippen molar-refractivity contribution in [3.63, 3.8) is 0 Å². The first kappa shape index (κ1) is 20.3. The SMILES string of the molecule is CN=C(NCCCN1CCCCCC1)NCCN1C(=O)c2ccccc2C1=O. The number of nitrogens with one attached hydrogen (secondary N) is 2. The molecule has 0 atom stereocenters. The van der Waals surface area contributed by atoms with Crippen LogP contribution in [0.15, 0.2) is 29.3 Å². The molecule has 152 valence electrons. The fourth-order valence-electron chi connectivity index (χ4n) is 3.82. The molecular weight excluding hydrogens is 354 g/mol. The maximum atomic E-state index is 12.4. The topological polar surface area (TPSA) is 77.0 Å². The van der Waals surface area contributed by atoms with Crippen molar-refractivity contribution in [2.24, 2.45) is 4.99 Å². The molecule has 1 aromatic rings. The number of rotatable bonds is 7. The minimum atomic E-state index is -0.220. The van der Waals surface area contributed by atoms with Crippen LogP contribution >= 0.6 is 0 Å². The van der Waals surface area contributed by atoms with Gasteiger partial charge in [0.05, 0.1) is 11.1 Å². The first-order chi connectivity index (χ1) is 13.7. The highest BCUT2D eigenvalue weighted by atomic mass is 16.2. The molecule has 2 aliphatic rings. The molecule has 2 aliphatic heterocycles. The monoisotopic (exact) mass is 385 g/mol. The number of nitrogens with zero attached hydrogens (tertiary/aromatic N) is 3. The Balaban J connectivity index is 1.36. The summed E-state index contributed by atoms with van der Waals surface area (Å²) in [6.45, 7) is 5.18. The summed E-state index contributed by atoms with van der Waals surface area (Å²) >= 11 is 0. The highest BCUT2D eigenvalue weighted by Crippen LogP contribution is 2.21. The van der Waals surface area contributed by atoms with Crippen LogP contribution in [0.2, 0.25) is 0 Å². The van der Waals surface area contributed by atoms with Crippen molar-refractivity contribution >= 4 is 17.8 Å². The predicted molar refractivity (Wildman–Crippen MR) is 111 cm³/mol. The van der Waals surface area contributed by atoms with Crippen LogP contribution in [0.1, 0.15) is 52.8 Å². The molecule has 0 aromatic heterocycles. The number of aliphatic imine (C=N–C) groups is 1. The molecule has 3 rings (SSSR count). The van der Waals surface area contributed by atoms with Gasteiger partial charge in [0, 0.05) is 26.7 Å². The van der Waals surface area contributed by atoms with Crippen molar-refractivity contribution in [2.75, 3.05) is 46.3 Å². The molecule has 2 N–H and O–H groups in total. The highest BCUT2D eigenvalue weighted by Gasteiger charge is 2.34. The molecule has 0 aliphatic carbocycles. The number of likely N-dealkylation sites (tertiary alicyclic amines) is 1. The number of hydrogen-bond acceptors (Lipinski definition) is 4. The summed E-state index contributed by atoms with van der Waals surface area (Å²) in [6.07, 6.45) is 6.42. The summed E-state index contributed by atoms with van der Waals surface area (Å²) in [4.78, 5) is 32.8. The molecule has 0 saturated carbocycles. The lowest BCUT2D eigenvalue weighted by molar-refractivity contribution is 0.0657. The van der Waals surface area contributed by atoms with Gasteiger partial charge >= 0.3 is 0 Å². The Hall–Kier alpha value is -2.41. The number of hydrogen-bond donors (Lipinski definition) is 2. The first-order valence-corrected chi connectivity index (χ1v) is 10.3. The Kier molecular flexibility index (Phi) is 7.42. The van der Waals surface area contributed by atoms with Crippen LogP contribution in [-0.4, -0.2) is 73.9 Å². The Bertz CT molecular complexity index is 676. The molecule has 0 radical (unpaired) electrons. The Morgan fingerprint density at radius 3 is 2.14 bits per heavy atom. The van der Waals surface area contributed by atoms with Gasteiger partial charge in [0.2, 0.25) is 0 Å². The molecule has 7 nitrogen and oxygen atoms in total. The minimum absolute atomic E-state index is 0.220. The van der Waals surface area contributed by atoms with E-state index in [1.807, 2.05) is 0 Å². The third kappa shape index (κ3) is 5.10. The number of guanidine groups is 1. The molecule has 2 amide bonds. The van der Waals surface area contributed by atoms with E-state index in [1.54, 1.807) is 31.3 Å². The Morgan fingerprint density at radius 1 is 0.929 bits per heavy atom. The van der Waals surface area contributed by atoms with E-state index in [1.165, 1.54) is 43.7 Å². The van der Waals surface area contributed by atoms with Gasteiger partial charge in [0.15, 0.2) is 5.96 Å². The summed E-state index contributed by atoms with van der Waals surface area (Å²) in [5.74, 6) is 0.262. The van der Waals surface area contributed by atoms with Crippen molar-refractivity contribution in [3.8, 4) is 0 Å². The van der Waals surface area contributed by atoms with Gasteiger partial charge < -0.3 is 15.5 Å². The highest BCUT2D eigenvalue weighted by molar-refractivity contribution is 6.21. The Labute approximate surface area is 167 Å². The minimum Gasteiger partial charge on any atom is -0.356 e. The van der Waals surface area contributed by atoms with E-state index in [-0.39, 0.29) is 11.8 Å². The van der Waals surface area contributed by atoms with Crippen molar-refractivity contribution < 1.29 is 9.59 Å². The van der Waals surface area contributed by atoms with E-state index in [0.717, 1.165) is 19.5 Å². The van der Waals surface area contributed by atoms with Gasteiger partial charge in [-0.05, 0) is 51.0 Å². The molecule has 2 heterocycles. The van der Waals surface area contributed by atoms with Gasteiger partial charge in [0.25, 0.3) is 11.8 Å². The van der Waals surface area contributed by atoms with Crippen LogP contribution in [0, 0.1) is 0 Å². The molecule has 1 fully saturated rings. The van der Waals surface area contributed by atoms with E-state index in [2.05, 4.69) is 20.5 Å². The largest absolute Gasteiger partial charge is 0.356 e. The van der Waals surface area contributed by atoms with Crippen LogP contribution in [0.3, 0.4) is 0 Å². The van der Waals surface area contributed by atoms with Crippen LogP contribution in [-0.2, 0) is 0 Å². The first-order valence-electron chi connectivity index (χ1n) is 10.3. The molecule has 28 heavy (non-hydrogen) atoms. The van der Waals surface area contributed by atoms with Gasteiger partial charge in [-0.25, -0.2) is 0 Å². The number of benzene rings is 1. The molecule has 0 unspecified atom stereocenters. The van der Waals surface area contributed by atoms with Crippen molar-refractivity contribution in [1.29, 1.82) is 0 Å². The fourth-order valence-corrected chi connectivity index (χ4v) is 3.82. The van der Waals surface area contributed by atoms with Crippen molar-refractivity contribution in [1.82, 2.24) is 20.4 Å². The maximum absolute atomic E-state index is 12.4. The van der Waals surface area contributed by atoms with E-state index >= 15 is 0 Å². The molecule has 1 aromatic carbocycles. The second-order valence-electron chi connectivity index (χ2n) is 7.34. The molecule has 0 bridgehead atoms. The number of carbonyl (C=O) groups excluding carboxylic acids is 2. The van der Waals surface area contributed by atoms with Gasteiger partial charge in [-0.1, -0.05) is 25.0 Å². The van der Waals surface area contributed by atoms with E-state index in [4.69, 9.17) is 0 Å². The van der Waals surface area contributed by atoms with Gasteiger partial charge in [0.1, 0.15) is 0 Å². The quantitative estimate of drug-likeness (QED) is 0.323. The zero-order valence-corrected chi connectivity index (χ0v) is 16.7. The molecule has 1 saturated heterocycles. The van der Waals surface area contributed by atoms with Gasteiger partial charge in [-0.3, -0.25) is 19.5 Å². The zero-order chi connectivity index (χ0) is 19.8. The van der Waals surface area contributed by atoms with Gasteiger partial charge in [-0.15, -0.1) is 0 Å². The third-order valence-electron chi connectivity index (χ3n) is 5.37. The predicted octanol–water partition coefficient (Wildman–Crippen LogP) is 1.71. The second-order valence-corrected chi connectivity index (χ2v) is 7.34. The van der Waals surface area contributed by atoms with Crippen LogP contribution < -0.4 is 10.6 Å². The van der Waals surface area contributed by atoms with E-state index in [9.17, 15) is 9.59 Å². The fraction of sp³-hybridized carbons (Fsp3) is 0.571. The lowest BCUT2D eigenvalue weighted by Gasteiger charge is -2.20. The molecular formula is C21H31N5O2. The van der Waals surface area contributed by atoms with Crippen molar-refractivity contribution in [2.45, 2.75) is 32.1 Å². The average Bonchev–Trinajstić information content (AvgIpc) is 2.90. The standard InChI is InChI=1S/C21H31N5O2/c1-22-21(23-11-8-15-25-13-6-2-3-7-14-25)24-12-16-26-19(27)17-9-4-5-10-18(17)20(26)28/h4-5,9-10H,2-3,6-8,11-16H2,1H3,(H2,22,23,24). The summed E-state index contributed by atoms with van der Waals surface area (Å²) in [6, 6.07) is 6.97. The average molecular weight is 386 g/mol. The summed E-state index contributed by atoms with van der Waals surface area (Å²) in [5.41, 5.74) is 0.979. The Morgan fingerprint density at radius 2 is 1.54 bits per heavy atom. The summed E-state index contributed by atoms with van der Waals surface area (Å²) in [7, 11) is 1.73. The second kappa shape index (κ2) is 10.2. The zero-order valence-electron chi connectivity index (χ0n) is 16.7. The lowest BCUT2D eigenvalue weighted by Crippen LogP contribution is -2.43. The van der Waals surface area contributed by atoms with Crippen LogP contribution in [0.25, 0.3) is 0 Å². The number of carbonyl (C=O) groups is 2. The summed E-state index contributed by atoms with van der Waals surface area (Å²) in [5, 5.41) is 6.51. The molecule has 0 spiro atoms. The van der Waals surface area contributed by atoms with Crippen LogP contribution in [0.4, 0.5) is 0 Å². The van der Waals surface area contributed by atoms with Crippen molar-refractivity contribution in [3.05, 3.63) is 35.4 Å². The molecule has 7 heteroatoms. The smallest absolute Gasteiger partial charge is 0.261 e. The van der Waals surface area contributed by atoms with Crippen LogP contribution in [0.5, 0.6) is 0 Å². The van der Waals surface area contributed by atoms with E-state index < -0.39 is 0 Å².